The lowest BCUT2D eigenvalue weighted by molar-refractivity contribution is 0.0643. The SMILES string of the molecule is CCN1CCCC1c1noc(C(=O)O)n1. The molecule has 2 rings (SSSR count). The standard InChI is InChI=1S/C9H13N3O3/c1-2-12-5-3-4-6(12)7-10-8(9(13)14)15-11-7/h6H,2-5H2,1H3,(H,13,14). The van der Waals surface area contributed by atoms with Crippen LogP contribution in [0.25, 0.3) is 0 Å². The Bertz CT molecular complexity index is 363. The van der Waals surface area contributed by atoms with Gasteiger partial charge < -0.3 is 9.63 Å². The topological polar surface area (TPSA) is 79.5 Å². The van der Waals surface area contributed by atoms with Crippen LogP contribution < -0.4 is 0 Å². The van der Waals surface area contributed by atoms with Crippen molar-refractivity contribution in [3.8, 4) is 0 Å². The summed E-state index contributed by atoms with van der Waals surface area (Å²) < 4.78 is 4.64. The summed E-state index contributed by atoms with van der Waals surface area (Å²) >= 11 is 0. The molecule has 1 saturated heterocycles. The van der Waals surface area contributed by atoms with Gasteiger partial charge in [-0.25, -0.2) is 4.79 Å². The van der Waals surface area contributed by atoms with Gasteiger partial charge in [0.15, 0.2) is 5.82 Å². The molecule has 6 heteroatoms. The Morgan fingerprint density at radius 3 is 3.13 bits per heavy atom. The van der Waals surface area contributed by atoms with E-state index in [1.807, 2.05) is 0 Å². The highest BCUT2D eigenvalue weighted by Gasteiger charge is 2.29. The van der Waals surface area contributed by atoms with Crippen LogP contribution in [0.15, 0.2) is 4.52 Å². The number of nitrogens with zero attached hydrogens (tertiary/aromatic N) is 3. The van der Waals surface area contributed by atoms with Gasteiger partial charge >= 0.3 is 11.9 Å². The minimum atomic E-state index is -1.17. The average molecular weight is 211 g/mol. The highest BCUT2D eigenvalue weighted by molar-refractivity contribution is 5.81. The summed E-state index contributed by atoms with van der Waals surface area (Å²) in [7, 11) is 0. The van der Waals surface area contributed by atoms with Crippen LogP contribution in [0, 0.1) is 0 Å². The highest BCUT2D eigenvalue weighted by atomic mass is 16.5. The van der Waals surface area contributed by atoms with Crippen molar-refractivity contribution in [1.29, 1.82) is 0 Å². The summed E-state index contributed by atoms with van der Waals surface area (Å²) in [6.45, 7) is 4.00. The normalized spacial score (nSPS) is 22.1. The van der Waals surface area contributed by atoms with Gasteiger partial charge in [0, 0.05) is 0 Å². The molecule has 0 radical (unpaired) electrons. The molecule has 1 aromatic heterocycles. The third-order valence-electron chi connectivity index (χ3n) is 2.69. The first-order valence-electron chi connectivity index (χ1n) is 5.03. The zero-order valence-electron chi connectivity index (χ0n) is 8.51. The molecule has 0 saturated carbocycles. The minimum Gasteiger partial charge on any atom is -0.474 e. The van der Waals surface area contributed by atoms with Gasteiger partial charge in [-0.05, 0) is 25.9 Å². The lowest BCUT2D eigenvalue weighted by Crippen LogP contribution is -2.23. The quantitative estimate of drug-likeness (QED) is 0.801. The number of aromatic carboxylic acids is 1. The maximum Gasteiger partial charge on any atom is 0.394 e. The van der Waals surface area contributed by atoms with E-state index in [2.05, 4.69) is 26.5 Å². The summed E-state index contributed by atoms with van der Waals surface area (Å²) in [6.07, 6.45) is 2.06. The van der Waals surface area contributed by atoms with Gasteiger partial charge in [-0.1, -0.05) is 12.1 Å². The van der Waals surface area contributed by atoms with Gasteiger partial charge in [0.1, 0.15) is 0 Å². The number of rotatable bonds is 3. The Labute approximate surface area is 86.9 Å². The highest BCUT2D eigenvalue weighted by Crippen LogP contribution is 2.29. The fraction of sp³-hybridized carbons (Fsp3) is 0.667. The predicted molar refractivity (Wildman–Crippen MR) is 50.5 cm³/mol. The monoisotopic (exact) mass is 211 g/mol. The Hall–Kier alpha value is -1.43. The summed E-state index contributed by atoms with van der Waals surface area (Å²) in [6, 6.07) is 0.117. The lowest BCUT2D eigenvalue weighted by atomic mass is 10.2. The van der Waals surface area contributed by atoms with Crippen molar-refractivity contribution in [2.75, 3.05) is 13.1 Å². The Morgan fingerprint density at radius 2 is 2.53 bits per heavy atom. The predicted octanol–water partition coefficient (Wildman–Crippen LogP) is 0.925. The molecule has 1 atom stereocenters. The van der Waals surface area contributed by atoms with Crippen LogP contribution in [0.4, 0.5) is 0 Å². The van der Waals surface area contributed by atoms with Gasteiger partial charge in [-0.3, -0.25) is 4.90 Å². The molecule has 1 aromatic rings. The second kappa shape index (κ2) is 3.98. The average Bonchev–Trinajstić information content (AvgIpc) is 2.85. The van der Waals surface area contributed by atoms with Crippen LogP contribution in [0.5, 0.6) is 0 Å². The molecular formula is C9H13N3O3. The number of hydrogen-bond donors (Lipinski definition) is 1. The Morgan fingerprint density at radius 1 is 1.73 bits per heavy atom. The first kappa shape index (κ1) is 10.1. The van der Waals surface area contributed by atoms with Gasteiger partial charge in [0.2, 0.25) is 0 Å². The fourth-order valence-corrected chi connectivity index (χ4v) is 1.95. The van der Waals surface area contributed by atoms with Gasteiger partial charge in [-0.2, -0.15) is 4.98 Å². The maximum atomic E-state index is 10.6. The van der Waals surface area contributed by atoms with E-state index in [1.165, 1.54) is 0 Å². The molecule has 0 aromatic carbocycles. The molecule has 0 bridgehead atoms. The van der Waals surface area contributed by atoms with Crippen molar-refractivity contribution in [2.45, 2.75) is 25.8 Å². The Kier molecular flexibility index (Phi) is 2.68. The molecule has 1 unspecified atom stereocenters. The van der Waals surface area contributed by atoms with E-state index >= 15 is 0 Å². The number of carbonyl (C=O) groups is 1. The molecular weight excluding hydrogens is 198 g/mol. The number of hydrogen-bond acceptors (Lipinski definition) is 5. The summed E-state index contributed by atoms with van der Waals surface area (Å²) in [5.74, 6) is -1.01. The van der Waals surface area contributed by atoms with Gasteiger partial charge in [-0.15, -0.1) is 0 Å². The van der Waals surface area contributed by atoms with Gasteiger partial charge in [0.05, 0.1) is 6.04 Å². The summed E-state index contributed by atoms with van der Waals surface area (Å²) in [5.41, 5.74) is 0. The number of likely N-dealkylation sites (tertiary alicyclic amines) is 1. The molecule has 0 spiro atoms. The van der Waals surface area contributed by atoms with Crippen LogP contribution in [-0.2, 0) is 0 Å². The first-order chi connectivity index (χ1) is 7.22. The molecule has 2 heterocycles. The smallest absolute Gasteiger partial charge is 0.394 e. The molecule has 1 N–H and O–H groups in total. The van der Waals surface area contributed by atoms with E-state index in [0.29, 0.717) is 5.82 Å². The van der Waals surface area contributed by atoms with Crippen LogP contribution >= 0.6 is 0 Å². The maximum absolute atomic E-state index is 10.6. The molecule has 0 aliphatic carbocycles. The Balaban J connectivity index is 2.18. The zero-order valence-corrected chi connectivity index (χ0v) is 8.51. The third kappa shape index (κ3) is 1.85. The minimum absolute atomic E-state index is 0.117. The second-order valence-electron chi connectivity index (χ2n) is 3.55. The van der Waals surface area contributed by atoms with E-state index in [0.717, 1.165) is 25.9 Å². The van der Waals surface area contributed by atoms with E-state index in [-0.39, 0.29) is 11.9 Å². The fourth-order valence-electron chi connectivity index (χ4n) is 1.95. The van der Waals surface area contributed by atoms with Crippen molar-refractivity contribution in [3.05, 3.63) is 11.7 Å². The summed E-state index contributed by atoms with van der Waals surface area (Å²) in [5, 5.41) is 12.4. The van der Waals surface area contributed by atoms with E-state index in [9.17, 15) is 4.79 Å². The second-order valence-corrected chi connectivity index (χ2v) is 3.55. The van der Waals surface area contributed by atoms with Crippen molar-refractivity contribution in [3.63, 3.8) is 0 Å². The third-order valence-corrected chi connectivity index (χ3v) is 2.69. The van der Waals surface area contributed by atoms with Crippen molar-refractivity contribution in [2.24, 2.45) is 0 Å². The van der Waals surface area contributed by atoms with Crippen LogP contribution in [0.1, 0.15) is 42.3 Å². The van der Waals surface area contributed by atoms with Gasteiger partial charge in [0.25, 0.3) is 0 Å². The van der Waals surface area contributed by atoms with E-state index in [4.69, 9.17) is 5.11 Å². The van der Waals surface area contributed by atoms with Crippen molar-refractivity contribution in [1.82, 2.24) is 15.0 Å². The van der Waals surface area contributed by atoms with Crippen LogP contribution in [0.3, 0.4) is 0 Å². The van der Waals surface area contributed by atoms with Crippen molar-refractivity contribution >= 4 is 5.97 Å². The molecule has 0 amide bonds. The number of aromatic nitrogens is 2. The first-order valence-corrected chi connectivity index (χ1v) is 5.03. The number of carboxylic acid groups (broad SMARTS) is 1. The molecule has 15 heavy (non-hydrogen) atoms. The van der Waals surface area contributed by atoms with E-state index in [1.54, 1.807) is 0 Å². The lowest BCUT2D eigenvalue weighted by Gasteiger charge is -2.18. The van der Waals surface area contributed by atoms with E-state index < -0.39 is 5.97 Å². The van der Waals surface area contributed by atoms with Crippen LogP contribution in [0.2, 0.25) is 0 Å². The molecule has 1 aliphatic rings. The number of carboxylic acids is 1. The molecule has 6 nitrogen and oxygen atoms in total. The van der Waals surface area contributed by atoms with Crippen LogP contribution in [-0.4, -0.2) is 39.2 Å². The molecule has 82 valence electrons. The largest absolute Gasteiger partial charge is 0.474 e. The molecule has 1 aliphatic heterocycles. The zero-order chi connectivity index (χ0) is 10.8. The van der Waals surface area contributed by atoms with Crippen molar-refractivity contribution < 1.29 is 14.4 Å². The molecule has 1 fully saturated rings. The summed E-state index contributed by atoms with van der Waals surface area (Å²) in [4.78, 5) is 16.7.